The van der Waals surface area contributed by atoms with Crippen LogP contribution in [0.5, 0.6) is 0 Å². The standard InChI is InChI=1S/C23H26BrFN2O3/c1-13-19(22(29)27-6-8-30-9-7-27)20(15-10-14(24)4-5-16(15)25)21-17(26-13)11-23(2,3)12-18(21)28/h4-5,10,20,26H,6-9,11-12H2,1-3H3. The third-order valence-electron chi connectivity index (χ3n) is 6.04. The molecule has 5 nitrogen and oxygen atoms in total. The quantitative estimate of drug-likeness (QED) is 0.699. The van der Waals surface area contributed by atoms with E-state index in [2.05, 4.69) is 35.1 Å². The van der Waals surface area contributed by atoms with Crippen molar-refractivity contribution in [2.24, 2.45) is 5.41 Å². The summed E-state index contributed by atoms with van der Waals surface area (Å²) in [5.41, 5.74) is 2.61. The zero-order valence-corrected chi connectivity index (χ0v) is 19.1. The molecule has 1 unspecified atom stereocenters. The first-order valence-corrected chi connectivity index (χ1v) is 11.0. The monoisotopic (exact) mass is 476 g/mol. The first-order chi connectivity index (χ1) is 14.2. The van der Waals surface area contributed by atoms with Crippen LogP contribution in [-0.4, -0.2) is 42.9 Å². The summed E-state index contributed by atoms with van der Waals surface area (Å²) in [6, 6.07) is 4.69. The minimum Gasteiger partial charge on any atom is -0.378 e. The lowest BCUT2D eigenvalue weighted by atomic mass is 9.68. The number of carbonyl (C=O) groups excluding carboxylic acids is 2. The van der Waals surface area contributed by atoms with Crippen LogP contribution in [0, 0.1) is 11.2 Å². The SMILES string of the molecule is CC1=C(C(=O)N2CCOCC2)C(c2cc(Br)ccc2F)C2=C(CC(C)(C)CC2=O)N1. The molecule has 2 aliphatic heterocycles. The van der Waals surface area contributed by atoms with E-state index in [-0.39, 0.29) is 17.1 Å². The number of hydrogen-bond donors (Lipinski definition) is 1. The Bertz CT molecular complexity index is 977. The lowest BCUT2D eigenvalue weighted by Crippen LogP contribution is -2.45. The topological polar surface area (TPSA) is 58.6 Å². The molecule has 0 spiro atoms. The van der Waals surface area contributed by atoms with Crippen molar-refractivity contribution in [2.45, 2.75) is 39.5 Å². The van der Waals surface area contributed by atoms with Gasteiger partial charge < -0.3 is 15.0 Å². The molecule has 1 aliphatic carbocycles. The summed E-state index contributed by atoms with van der Waals surface area (Å²) in [7, 11) is 0. The minimum absolute atomic E-state index is 0.0297. The number of amides is 1. The van der Waals surface area contributed by atoms with Gasteiger partial charge in [0.1, 0.15) is 5.82 Å². The van der Waals surface area contributed by atoms with Gasteiger partial charge in [0.15, 0.2) is 5.78 Å². The maximum Gasteiger partial charge on any atom is 0.252 e. The molecular formula is C23H26BrFN2O3. The molecule has 1 aromatic carbocycles. The Kier molecular flexibility index (Phi) is 5.62. The van der Waals surface area contributed by atoms with Crippen molar-refractivity contribution in [3.05, 3.63) is 56.6 Å². The van der Waals surface area contributed by atoms with Crippen LogP contribution in [0.25, 0.3) is 0 Å². The molecule has 1 saturated heterocycles. The van der Waals surface area contributed by atoms with Crippen LogP contribution < -0.4 is 5.32 Å². The molecule has 160 valence electrons. The van der Waals surface area contributed by atoms with Crippen LogP contribution in [0.3, 0.4) is 0 Å². The Labute approximate surface area is 184 Å². The van der Waals surface area contributed by atoms with Crippen molar-refractivity contribution in [2.75, 3.05) is 26.3 Å². The number of ether oxygens (including phenoxy) is 1. The van der Waals surface area contributed by atoms with E-state index >= 15 is 4.39 Å². The Balaban J connectivity index is 1.87. The van der Waals surface area contributed by atoms with Crippen molar-refractivity contribution in [3.63, 3.8) is 0 Å². The Morgan fingerprint density at radius 2 is 1.97 bits per heavy atom. The number of benzene rings is 1. The molecule has 0 aromatic heterocycles. The number of hydrogen-bond acceptors (Lipinski definition) is 4. The molecule has 2 heterocycles. The highest BCUT2D eigenvalue weighted by molar-refractivity contribution is 9.10. The van der Waals surface area contributed by atoms with Gasteiger partial charge in [0.05, 0.1) is 13.2 Å². The van der Waals surface area contributed by atoms with E-state index in [0.717, 1.165) is 5.70 Å². The summed E-state index contributed by atoms with van der Waals surface area (Å²) in [6.07, 6.45) is 1.05. The van der Waals surface area contributed by atoms with Gasteiger partial charge in [0, 0.05) is 58.0 Å². The maximum absolute atomic E-state index is 15.1. The number of halogens is 2. The fourth-order valence-electron chi connectivity index (χ4n) is 4.70. The summed E-state index contributed by atoms with van der Waals surface area (Å²) in [6.45, 7) is 7.86. The van der Waals surface area contributed by atoms with Gasteiger partial charge in [0.2, 0.25) is 0 Å². The largest absolute Gasteiger partial charge is 0.378 e. The van der Waals surface area contributed by atoms with E-state index in [0.29, 0.717) is 66.0 Å². The molecule has 4 rings (SSSR count). The zero-order valence-electron chi connectivity index (χ0n) is 17.5. The molecule has 0 saturated carbocycles. The van der Waals surface area contributed by atoms with Crippen LogP contribution in [0.1, 0.15) is 45.1 Å². The van der Waals surface area contributed by atoms with Crippen LogP contribution in [-0.2, 0) is 14.3 Å². The molecule has 1 N–H and O–H groups in total. The number of carbonyl (C=O) groups is 2. The van der Waals surface area contributed by atoms with E-state index in [1.165, 1.54) is 6.07 Å². The van der Waals surface area contributed by atoms with Crippen molar-refractivity contribution < 1.29 is 18.7 Å². The molecular weight excluding hydrogens is 451 g/mol. The van der Waals surface area contributed by atoms with Gasteiger partial charge in [-0.2, -0.15) is 0 Å². The number of dihydropyridines is 1. The molecule has 1 fully saturated rings. The summed E-state index contributed by atoms with van der Waals surface area (Å²) < 4.78 is 21.1. The number of rotatable bonds is 2. The average molecular weight is 477 g/mol. The smallest absolute Gasteiger partial charge is 0.252 e. The van der Waals surface area contributed by atoms with Gasteiger partial charge in [-0.1, -0.05) is 29.8 Å². The van der Waals surface area contributed by atoms with E-state index < -0.39 is 11.7 Å². The van der Waals surface area contributed by atoms with Crippen LogP contribution in [0.4, 0.5) is 4.39 Å². The summed E-state index contributed by atoms with van der Waals surface area (Å²) in [4.78, 5) is 28.6. The molecule has 30 heavy (non-hydrogen) atoms. The van der Waals surface area contributed by atoms with Gasteiger partial charge in [-0.25, -0.2) is 4.39 Å². The molecule has 7 heteroatoms. The molecule has 0 bridgehead atoms. The predicted octanol–water partition coefficient (Wildman–Crippen LogP) is 4.05. The van der Waals surface area contributed by atoms with E-state index in [9.17, 15) is 9.59 Å². The van der Waals surface area contributed by atoms with Gasteiger partial charge in [-0.3, -0.25) is 9.59 Å². The number of nitrogens with one attached hydrogen (secondary N) is 1. The Hall–Kier alpha value is -1.99. The van der Waals surface area contributed by atoms with Gasteiger partial charge in [-0.15, -0.1) is 0 Å². The highest BCUT2D eigenvalue weighted by atomic mass is 79.9. The van der Waals surface area contributed by atoms with Crippen LogP contribution >= 0.6 is 15.9 Å². The van der Waals surface area contributed by atoms with E-state index in [4.69, 9.17) is 4.74 Å². The highest BCUT2D eigenvalue weighted by Crippen LogP contribution is 2.47. The van der Waals surface area contributed by atoms with Gasteiger partial charge in [-0.05, 0) is 37.0 Å². The lowest BCUT2D eigenvalue weighted by Gasteiger charge is -2.41. The van der Waals surface area contributed by atoms with Crippen molar-refractivity contribution in [1.29, 1.82) is 0 Å². The van der Waals surface area contributed by atoms with Gasteiger partial charge in [0.25, 0.3) is 5.91 Å². The second-order valence-electron chi connectivity index (χ2n) is 9.00. The highest BCUT2D eigenvalue weighted by Gasteiger charge is 2.44. The number of Topliss-reactive ketones (excluding diaryl/α,β-unsaturated/α-hetero) is 1. The number of nitrogens with zero attached hydrogens (tertiary/aromatic N) is 1. The Morgan fingerprint density at radius 3 is 2.67 bits per heavy atom. The number of allylic oxidation sites excluding steroid dienone is 3. The molecule has 1 aromatic rings. The number of ketones is 1. The third kappa shape index (κ3) is 3.85. The fourth-order valence-corrected chi connectivity index (χ4v) is 5.08. The second-order valence-corrected chi connectivity index (χ2v) is 9.92. The van der Waals surface area contributed by atoms with Crippen molar-refractivity contribution in [1.82, 2.24) is 10.2 Å². The number of morpholine rings is 1. The summed E-state index contributed by atoms with van der Waals surface area (Å²) >= 11 is 3.42. The first-order valence-electron chi connectivity index (χ1n) is 10.2. The predicted molar refractivity (Wildman–Crippen MR) is 115 cm³/mol. The average Bonchev–Trinajstić information content (AvgIpc) is 2.68. The first kappa shape index (κ1) is 21.2. The molecule has 0 radical (unpaired) electrons. The third-order valence-corrected chi connectivity index (χ3v) is 6.53. The fraction of sp³-hybridized carbons (Fsp3) is 0.478. The lowest BCUT2D eigenvalue weighted by molar-refractivity contribution is -0.131. The van der Waals surface area contributed by atoms with Gasteiger partial charge >= 0.3 is 0 Å². The van der Waals surface area contributed by atoms with Crippen molar-refractivity contribution in [3.8, 4) is 0 Å². The van der Waals surface area contributed by atoms with E-state index in [1.807, 2.05) is 6.92 Å². The van der Waals surface area contributed by atoms with Crippen LogP contribution in [0.15, 0.2) is 45.2 Å². The minimum atomic E-state index is -0.724. The zero-order chi connectivity index (χ0) is 21.6. The normalized spacial score (nSPS) is 24.0. The van der Waals surface area contributed by atoms with E-state index in [1.54, 1.807) is 17.0 Å². The molecule has 3 aliphatic rings. The molecule has 1 atom stereocenters. The summed E-state index contributed by atoms with van der Waals surface area (Å²) in [5.74, 6) is -1.35. The van der Waals surface area contributed by atoms with Crippen LogP contribution in [0.2, 0.25) is 0 Å². The van der Waals surface area contributed by atoms with Crippen molar-refractivity contribution >= 4 is 27.6 Å². The maximum atomic E-state index is 15.1. The molecule has 1 amide bonds. The summed E-state index contributed by atoms with van der Waals surface area (Å²) in [5, 5.41) is 3.33. The Morgan fingerprint density at radius 1 is 1.27 bits per heavy atom. The second kappa shape index (κ2) is 7.93.